The van der Waals surface area contributed by atoms with Crippen molar-refractivity contribution in [3.8, 4) is 0 Å². The molecule has 4 nitrogen and oxygen atoms in total. The summed E-state index contributed by atoms with van der Waals surface area (Å²) in [5, 5.41) is 17.6. The molecule has 0 radical (unpaired) electrons. The lowest BCUT2D eigenvalue weighted by molar-refractivity contribution is 0.0953. The summed E-state index contributed by atoms with van der Waals surface area (Å²) in [6, 6.07) is 2.67. The molecule has 0 amide bonds. The van der Waals surface area contributed by atoms with Crippen LogP contribution in [0.1, 0.15) is 58.2 Å². The molecule has 1 aliphatic rings. The molecule has 4 heteroatoms. The highest BCUT2D eigenvalue weighted by Crippen LogP contribution is 2.28. The third kappa shape index (κ3) is 3.12. The molecule has 1 aromatic rings. The largest absolute Gasteiger partial charge is 0.392 e. The molecule has 1 fully saturated rings. The summed E-state index contributed by atoms with van der Waals surface area (Å²) in [5.74, 6) is 0. The molecule has 1 aliphatic carbocycles. The van der Waals surface area contributed by atoms with Gasteiger partial charge in [-0.05, 0) is 39.7 Å². The molecule has 0 aromatic carbocycles. The minimum atomic E-state index is -0.380. The lowest BCUT2D eigenvalue weighted by Gasteiger charge is -2.29. The topological polar surface area (TPSA) is 50.1 Å². The Balaban J connectivity index is 1.90. The molecule has 0 bridgehead atoms. The Morgan fingerprint density at radius 3 is 2.78 bits per heavy atom. The number of nitrogens with zero attached hydrogens (tertiary/aromatic N) is 2. The second-order valence-electron chi connectivity index (χ2n) is 5.98. The van der Waals surface area contributed by atoms with Crippen molar-refractivity contribution in [2.45, 2.75) is 70.7 Å². The fraction of sp³-hybridized carbons (Fsp3) is 0.786. The number of rotatable bonds is 5. The summed E-state index contributed by atoms with van der Waals surface area (Å²) in [6.45, 7) is 6.53. The van der Waals surface area contributed by atoms with Crippen LogP contribution in [0.4, 0.5) is 0 Å². The number of hydrogen-bond acceptors (Lipinski definition) is 3. The number of hydrogen-bond donors (Lipinski definition) is 2. The van der Waals surface area contributed by atoms with Crippen molar-refractivity contribution in [3.05, 3.63) is 18.0 Å². The van der Waals surface area contributed by atoms with Gasteiger partial charge in [0.2, 0.25) is 0 Å². The summed E-state index contributed by atoms with van der Waals surface area (Å²) in [6.07, 6.45) is 6.87. The standard InChI is InChI=1S/C14H25N3O/c1-11(18)14(2,3)15-10-12-8-9-17(16-12)13-6-4-5-7-13/h8-9,11,13,15,18H,4-7,10H2,1-3H3. The van der Waals surface area contributed by atoms with E-state index in [4.69, 9.17) is 0 Å². The van der Waals surface area contributed by atoms with Crippen molar-refractivity contribution in [1.29, 1.82) is 0 Å². The number of aromatic nitrogens is 2. The van der Waals surface area contributed by atoms with Gasteiger partial charge in [-0.1, -0.05) is 12.8 Å². The van der Waals surface area contributed by atoms with Gasteiger partial charge in [0.05, 0.1) is 17.8 Å². The maximum absolute atomic E-state index is 9.65. The van der Waals surface area contributed by atoms with E-state index in [0.717, 1.165) is 5.69 Å². The third-order valence-electron chi connectivity index (χ3n) is 4.13. The van der Waals surface area contributed by atoms with E-state index in [1.54, 1.807) is 0 Å². The zero-order chi connectivity index (χ0) is 13.2. The van der Waals surface area contributed by atoms with Crippen LogP contribution in [-0.2, 0) is 6.54 Å². The highest BCUT2D eigenvalue weighted by molar-refractivity contribution is 5.01. The van der Waals surface area contributed by atoms with Crippen molar-refractivity contribution in [2.24, 2.45) is 0 Å². The molecule has 0 saturated heterocycles. The van der Waals surface area contributed by atoms with E-state index in [1.165, 1.54) is 25.7 Å². The van der Waals surface area contributed by atoms with Gasteiger partial charge in [-0.15, -0.1) is 0 Å². The minimum Gasteiger partial charge on any atom is -0.392 e. The monoisotopic (exact) mass is 251 g/mol. The minimum absolute atomic E-state index is 0.281. The SMILES string of the molecule is CC(O)C(C)(C)NCc1ccn(C2CCCC2)n1. The predicted molar refractivity (Wildman–Crippen MR) is 72.3 cm³/mol. The van der Waals surface area contributed by atoms with Crippen LogP contribution in [0.3, 0.4) is 0 Å². The summed E-state index contributed by atoms with van der Waals surface area (Å²) in [7, 11) is 0. The van der Waals surface area contributed by atoms with Gasteiger partial charge < -0.3 is 10.4 Å². The fourth-order valence-corrected chi connectivity index (χ4v) is 2.31. The molecular formula is C14H25N3O. The zero-order valence-corrected chi connectivity index (χ0v) is 11.7. The van der Waals surface area contributed by atoms with Gasteiger partial charge >= 0.3 is 0 Å². The third-order valence-corrected chi connectivity index (χ3v) is 4.13. The Morgan fingerprint density at radius 2 is 2.17 bits per heavy atom. The van der Waals surface area contributed by atoms with Gasteiger partial charge in [0.15, 0.2) is 0 Å². The molecule has 1 saturated carbocycles. The average molecular weight is 251 g/mol. The Hall–Kier alpha value is -0.870. The molecule has 2 rings (SSSR count). The predicted octanol–water partition coefficient (Wildman–Crippen LogP) is 2.25. The lowest BCUT2D eigenvalue weighted by Crippen LogP contribution is -2.47. The number of aliphatic hydroxyl groups is 1. The molecule has 2 N–H and O–H groups in total. The average Bonchev–Trinajstić information content (AvgIpc) is 2.97. The van der Waals surface area contributed by atoms with Gasteiger partial charge in [-0.25, -0.2) is 0 Å². The fourth-order valence-electron chi connectivity index (χ4n) is 2.31. The van der Waals surface area contributed by atoms with Crippen LogP contribution in [0, 0.1) is 0 Å². The lowest BCUT2D eigenvalue weighted by atomic mass is 9.99. The first-order chi connectivity index (χ1) is 8.49. The highest BCUT2D eigenvalue weighted by Gasteiger charge is 2.23. The van der Waals surface area contributed by atoms with E-state index in [-0.39, 0.29) is 11.6 Å². The van der Waals surface area contributed by atoms with Gasteiger partial charge in [-0.2, -0.15) is 5.10 Å². The van der Waals surface area contributed by atoms with Crippen LogP contribution >= 0.6 is 0 Å². The Bertz CT molecular complexity index is 378. The van der Waals surface area contributed by atoms with E-state index < -0.39 is 0 Å². The first kappa shape index (κ1) is 13.6. The van der Waals surface area contributed by atoms with E-state index in [0.29, 0.717) is 12.6 Å². The molecular weight excluding hydrogens is 226 g/mol. The summed E-state index contributed by atoms with van der Waals surface area (Å²) >= 11 is 0. The van der Waals surface area contributed by atoms with Crippen molar-refractivity contribution in [2.75, 3.05) is 0 Å². The summed E-state index contributed by atoms with van der Waals surface area (Å²) in [4.78, 5) is 0. The Labute approximate surface area is 109 Å². The summed E-state index contributed by atoms with van der Waals surface area (Å²) < 4.78 is 2.11. The molecule has 102 valence electrons. The normalized spacial score (nSPS) is 19.3. The zero-order valence-electron chi connectivity index (χ0n) is 11.7. The van der Waals surface area contributed by atoms with E-state index in [9.17, 15) is 5.11 Å². The molecule has 1 heterocycles. The first-order valence-electron chi connectivity index (χ1n) is 6.96. The second-order valence-corrected chi connectivity index (χ2v) is 5.98. The number of aliphatic hydroxyl groups excluding tert-OH is 1. The number of nitrogens with one attached hydrogen (secondary N) is 1. The quantitative estimate of drug-likeness (QED) is 0.844. The molecule has 1 atom stereocenters. The Morgan fingerprint density at radius 1 is 1.50 bits per heavy atom. The second kappa shape index (κ2) is 5.41. The summed E-state index contributed by atoms with van der Waals surface area (Å²) in [5.41, 5.74) is 0.771. The van der Waals surface area contributed by atoms with Crippen molar-refractivity contribution < 1.29 is 5.11 Å². The van der Waals surface area contributed by atoms with E-state index in [1.807, 2.05) is 20.8 Å². The maximum Gasteiger partial charge on any atom is 0.0762 e. The van der Waals surface area contributed by atoms with Gasteiger partial charge in [0.25, 0.3) is 0 Å². The van der Waals surface area contributed by atoms with Crippen molar-refractivity contribution in [1.82, 2.24) is 15.1 Å². The maximum atomic E-state index is 9.65. The van der Waals surface area contributed by atoms with E-state index in [2.05, 4.69) is 27.4 Å². The molecule has 0 aliphatic heterocycles. The van der Waals surface area contributed by atoms with Gasteiger partial charge in [0, 0.05) is 18.3 Å². The smallest absolute Gasteiger partial charge is 0.0762 e. The molecule has 1 unspecified atom stereocenters. The van der Waals surface area contributed by atoms with Gasteiger partial charge in [0.1, 0.15) is 0 Å². The Kier molecular flexibility index (Phi) is 4.07. The first-order valence-corrected chi connectivity index (χ1v) is 6.96. The van der Waals surface area contributed by atoms with Crippen LogP contribution in [0.25, 0.3) is 0 Å². The van der Waals surface area contributed by atoms with Crippen LogP contribution < -0.4 is 5.32 Å². The van der Waals surface area contributed by atoms with Crippen LogP contribution in [0.2, 0.25) is 0 Å². The van der Waals surface area contributed by atoms with Crippen molar-refractivity contribution >= 4 is 0 Å². The van der Waals surface area contributed by atoms with E-state index >= 15 is 0 Å². The molecule has 0 spiro atoms. The van der Waals surface area contributed by atoms with Gasteiger partial charge in [-0.3, -0.25) is 4.68 Å². The van der Waals surface area contributed by atoms with Crippen LogP contribution in [-0.4, -0.2) is 26.5 Å². The highest BCUT2D eigenvalue weighted by atomic mass is 16.3. The van der Waals surface area contributed by atoms with Crippen LogP contribution in [0.15, 0.2) is 12.3 Å². The van der Waals surface area contributed by atoms with Crippen LogP contribution in [0.5, 0.6) is 0 Å². The van der Waals surface area contributed by atoms with Crippen molar-refractivity contribution in [3.63, 3.8) is 0 Å². The molecule has 1 aromatic heterocycles. The molecule has 18 heavy (non-hydrogen) atoms.